The van der Waals surface area contributed by atoms with Crippen molar-refractivity contribution in [3.05, 3.63) is 62.6 Å². The Labute approximate surface area is 345 Å². The third-order valence-electron chi connectivity index (χ3n) is 7.67. The number of benzene rings is 2. The van der Waals surface area contributed by atoms with E-state index in [2.05, 4.69) is 73.1 Å². The zero-order chi connectivity index (χ0) is 41.0. The quantitative estimate of drug-likeness (QED) is 0.0300. The predicted molar refractivity (Wildman–Crippen MR) is 230 cm³/mol. The lowest BCUT2D eigenvalue weighted by Crippen LogP contribution is -2.23. The zero-order valence-corrected chi connectivity index (χ0v) is 34.7. The number of carbonyl (C=O) groups excluding carboxylic acids is 4. The first-order chi connectivity index (χ1) is 26.8. The van der Waals surface area contributed by atoms with Crippen molar-refractivity contribution in [3.63, 3.8) is 0 Å². The van der Waals surface area contributed by atoms with E-state index in [1.807, 2.05) is 0 Å². The minimum absolute atomic E-state index is 0.0506. The molecule has 0 aliphatic carbocycles. The normalized spacial score (nSPS) is 10.6. The minimum atomic E-state index is -0.645. The Morgan fingerprint density at radius 3 is 1.62 bits per heavy atom. The smallest absolute Gasteiger partial charge is 0.274 e. The average molecular weight is 921 g/mol. The number of nitrogens with zero attached hydrogens (tertiary/aromatic N) is 4. The summed E-state index contributed by atoms with van der Waals surface area (Å²) in [4.78, 5) is 69.8. The van der Waals surface area contributed by atoms with Gasteiger partial charge in [0.15, 0.2) is 11.9 Å². The molecule has 0 radical (unpaired) electrons. The van der Waals surface area contributed by atoms with Crippen molar-refractivity contribution in [2.45, 2.75) is 56.3 Å². The molecule has 0 aliphatic heterocycles. The molecule has 0 spiro atoms. The van der Waals surface area contributed by atoms with Crippen molar-refractivity contribution in [3.8, 4) is 0 Å². The van der Waals surface area contributed by atoms with Gasteiger partial charge in [-0.15, -0.1) is 11.8 Å². The van der Waals surface area contributed by atoms with Crippen LogP contribution in [0.25, 0.3) is 0 Å². The molecule has 0 unspecified atom stereocenters. The molecule has 18 nitrogen and oxygen atoms in total. The maximum Gasteiger partial charge on any atom is 0.274 e. The van der Waals surface area contributed by atoms with Crippen LogP contribution in [0.5, 0.6) is 0 Å². The number of aliphatic imine (C=N–C) groups is 2. The number of hydrogen-bond donors (Lipinski definition) is 10. The van der Waals surface area contributed by atoms with Crippen molar-refractivity contribution in [1.29, 1.82) is 0 Å². The maximum atomic E-state index is 13.7. The van der Waals surface area contributed by atoms with Gasteiger partial charge in [-0.3, -0.25) is 29.2 Å². The summed E-state index contributed by atoms with van der Waals surface area (Å²) in [5.74, 6) is -1.40. The molecule has 0 fully saturated rings. The number of hydrogen-bond acceptors (Lipinski definition) is 11. The fourth-order valence-electron chi connectivity index (χ4n) is 5.11. The molecule has 1 aromatic heterocycles. The second-order valence-corrected chi connectivity index (χ2v) is 15.1. The van der Waals surface area contributed by atoms with Crippen LogP contribution in [0.2, 0.25) is 0 Å². The molecular weight excluding hydrogens is 872 g/mol. The van der Waals surface area contributed by atoms with Gasteiger partial charge in [0, 0.05) is 51.5 Å². The molecule has 0 atom stereocenters. The highest BCUT2D eigenvalue weighted by molar-refractivity contribution is 9.10. The number of aromatic nitrogens is 2. The predicted octanol–water partition coefficient (Wildman–Crippen LogP) is 3.21. The van der Waals surface area contributed by atoms with E-state index in [-0.39, 0.29) is 54.5 Å². The molecule has 1 heterocycles. The molecule has 302 valence electrons. The second-order valence-electron chi connectivity index (χ2n) is 12.2. The van der Waals surface area contributed by atoms with Crippen LogP contribution in [-0.2, 0) is 16.0 Å². The van der Waals surface area contributed by atoms with Gasteiger partial charge in [-0.05, 0) is 81.4 Å². The van der Waals surface area contributed by atoms with E-state index in [9.17, 15) is 19.2 Å². The van der Waals surface area contributed by atoms with Gasteiger partial charge in [-0.25, -0.2) is 9.97 Å². The number of anilines is 4. The summed E-state index contributed by atoms with van der Waals surface area (Å²) in [7, 11) is 0. The van der Waals surface area contributed by atoms with Gasteiger partial charge < -0.3 is 55.7 Å². The van der Waals surface area contributed by atoms with Gasteiger partial charge in [0.2, 0.25) is 11.8 Å². The average Bonchev–Trinajstić information content (AvgIpc) is 3.13. The first kappa shape index (κ1) is 45.6. The highest BCUT2D eigenvalue weighted by atomic mass is 79.9. The van der Waals surface area contributed by atoms with Crippen LogP contribution >= 0.6 is 43.6 Å². The van der Waals surface area contributed by atoms with Gasteiger partial charge in [-0.1, -0.05) is 31.9 Å². The molecular formula is C35H48Br2N14O4S. The number of guanidine groups is 2. The molecule has 0 bridgehead atoms. The van der Waals surface area contributed by atoms with Crippen molar-refractivity contribution in [2.24, 2.45) is 44.4 Å². The Hall–Kier alpha value is -4.83. The molecule has 0 saturated heterocycles. The second kappa shape index (κ2) is 23.9. The van der Waals surface area contributed by atoms with Gasteiger partial charge >= 0.3 is 0 Å². The summed E-state index contributed by atoms with van der Waals surface area (Å²) < 4.78 is 1.17. The highest BCUT2D eigenvalue weighted by Gasteiger charge is 2.21. The fourth-order valence-corrected chi connectivity index (χ4v) is 6.95. The third-order valence-corrected chi connectivity index (χ3v) is 9.70. The summed E-state index contributed by atoms with van der Waals surface area (Å²) in [6, 6.07) is 8.10. The summed E-state index contributed by atoms with van der Waals surface area (Å²) in [6.07, 6.45) is 5.18. The van der Waals surface area contributed by atoms with Crippen molar-refractivity contribution >= 4 is 102 Å². The molecule has 0 saturated carbocycles. The van der Waals surface area contributed by atoms with Gasteiger partial charge in [0.05, 0.1) is 22.8 Å². The van der Waals surface area contributed by atoms with Crippen molar-refractivity contribution in [1.82, 2.24) is 9.97 Å². The first-order valence-corrected chi connectivity index (χ1v) is 20.2. The standard InChI is InChI=1S/C35H48Br2N14O4S/c36-20-14-23(48-29(52)7-1-3-9-38)22(6-5-11-44-34(40)41)24(15-20)50-32(54)27-18-28(47-19-46-27)33(55)51-26-17-21(37)16-25(49-30(53)8-2-4-10-39)31(26)56-13-12-45-35(42)43/h14-19H,1-13,38-39H2,(H,48,52)(H,49,53)(H,50,54)(H,51,55)(H4,40,41,44)(H4,42,43,45). The molecule has 2 aromatic carbocycles. The number of rotatable bonds is 22. The minimum Gasteiger partial charge on any atom is -0.370 e. The van der Waals surface area contributed by atoms with E-state index in [1.165, 1.54) is 17.8 Å². The van der Waals surface area contributed by atoms with E-state index in [1.54, 1.807) is 24.3 Å². The zero-order valence-electron chi connectivity index (χ0n) is 30.7. The van der Waals surface area contributed by atoms with Crippen LogP contribution < -0.4 is 55.7 Å². The van der Waals surface area contributed by atoms with E-state index >= 15 is 0 Å². The van der Waals surface area contributed by atoms with E-state index in [0.29, 0.717) is 106 Å². The number of amides is 4. The SMILES string of the molecule is NCCCCC(=O)Nc1cc(Br)cc(NC(=O)c2cc(C(=O)Nc3cc(Br)cc(NC(=O)CCCCN)c3SCCN=C(N)N)ncn2)c1CCCN=C(N)N. The van der Waals surface area contributed by atoms with Crippen LogP contribution in [0.15, 0.2) is 60.5 Å². The molecule has 56 heavy (non-hydrogen) atoms. The van der Waals surface area contributed by atoms with E-state index < -0.39 is 11.8 Å². The summed E-state index contributed by atoms with van der Waals surface area (Å²) in [5.41, 5.74) is 35.3. The van der Waals surface area contributed by atoms with Crippen LogP contribution in [0.1, 0.15) is 71.5 Å². The summed E-state index contributed by atoms with van der Waals surface area (Å²) >= 11 is 8.27. The van der Waals surface area contributed by atoms with Crippen molar-refractivity contribution < 1.29 is 19.2 Å². The number of carbonyl (C=O) groups is 4. The molecule has 16 N–H and O–H groups in total. The van der Waals surface area contributed by atoms with Crippen LogP contribution in [0, 0.1) is 0 Å². The number of halogens is 2. The number of nitrogens with two attached hydrogens (primary N) is 6. The van der Waals surface area contributed by atoms with E-state index in [4.69, 9.17) is 34.4 Å². The topological polar surface area (TPSA) is 323 Å². The first-order valence-electron chi connectivity index (χ1n) is 17.6. The van der Waals surface area contributed by atoms with Crippen LogP contribution in [0.3, 0.4) is 0 Å². The lowest BCUT2D eigenvalue weighted by atomic mass is 10.0. The summed E-state index contributed by atoms with van der Waals surface area (Å²) in [5, 5.41) is 11.6. The van der Waals surface area contributed by atoms with Crippen LogP contribution in [0.4, 0.5) is 22.7 Å². The van der Waals surface area contributed by atoms with Gasteiger partial charge in [-0.2, -0.15) is 0 Å². The lowest BCUT2D eigenvalue weighted by molar-refractivity contribution is -0.117. The molecule has 4 amide bonds. The van der Waals surface area contributed by atoms with E-state index in [0.717, 1.165) is 6.33 Å². The molecule has 3 rings (SSSR count). The molecule has 21 heteroatoms. The third kappa shape index (κ3) is 15.7. The number of unbranched alkanes of at least 4 members (excludes halogenated alkanes) is 2. The van der Waals surface area contributed by atoms with Crippen molar-refractivity contribution in [2.75, 3.05) is 53.2 Å². The molecule has 0 aliphatic rings. The summed E-state index contributed by atoms with van der Waals surface area (Å²) in [6.45, 7) is 1.55. The maximum absolute atomic E-state index is 13.7. The van der Waals surface area contributed by atoms with Gasteiger partial charge in [0.1, 0.15) is 17.7 Å². The number of nitrogens with one attached hydrogen (secondary N) is 4. The Kier molecular flexibility index (Phi) is 19.5. The highest BCUT2D eigenvalue weighted by Crippen LogP contribution is 2.38. The fraction of sp³-hybridized carbons (Fsp3) is 0.371. The Bertz CT molecular complexity index is 1780. The lowest BCUT2D eigenvalue weighted by Gasteiger charge is -2.18. The Morgan fingerprint density at radius 2 is 1.09 bits per heavy atom. The Balaban J connectivity index is 1.90. The number of thioether (sulfide) groups is 1. The Morgan fingerprint density at radius 1 is 0.625 bits per heavy atom. The largest absolute Gasteiger partial charge is 0.370 e. The monoisotopic (exact) mass is 918 g/mol. The van der Waals surface area contributed by atoms with Gasteiger partial charge in [0.25, 0.3) is 11.8 Å². The molecule has 3 aromatic rings. The van der Waals surface area contributed by atoms with Crippen LogP contribution in [-0.4, -0.2) is 77.4 Å².